The lowest BCUT2D eigenvalue weighted by Crippen LogP contribution is -2.44. The summed E-state index contributed by atoms with van der Waals surface area (Å²) < 4.78 is 26.6. The molecule has 0 radical (unpaired) electrons. The van der Waals surface area contributed by atoms with Crippen LogP contribution in [0.4, 0.5) is 0 Å². The van der Waals surface area contributed by atoms with Crippen LogP contribution in [-0.2, 0) is 14.8 Å². The fourth-order valence-corrected chi connectivity index (χ4v) is 3.24. The molecular formula is C12H14ClN3O3S. The Labute approximate surface area is 123 Å². The standard InChI is InChI=1S/C12H14ClN3O3S/c1-8(12(17)16(2)3)15-20(18,19)11-6-9(7-14)4-5-10(11)13/h4-6,8,15H,1-3H3. The molecule has 1 rings (SSSR count). The van der Waals surface area contributed by atoms with Gasteiger partial charge in [0.1, 0.15) is 4.90 Å². The molecule has 20 heavy (non-hydrogen) atoms. The van der Waals surface area contributed by atoms with E-state index in [1.807, 2.05) is 6.07 Å². The Morgan fingerprint density at radius 1 is 1.45 bits per heavy atom. The summed E-state index contributed by atoms with van der Waals surface area (Å²) in [5, 5.41) is 8.78. The van der Waals surface area contributed by atoms with E-state index < -0.39 is 16.1 Å². The van der Waals surface area contributed by atoms with E-state index in [2.05, 4.69) is 4.72 Å². The minimum atomic E-state index is -3.98. The number of nitriles is 1. The largest absolute Gasteiger partial charge is 0.347 e. The van der Waals surface area contributed by atoms with Crippen molar-refractivity contribution in [2.24, 2.45) is 0 Å². The summed E-state index contributed by atoms with van der Waals surface area (Å²) in [6.07, 6.45) is 0. The molecule has 0 aromatic heterocycles. The maximum Gasteiger partial charge on any atom is 0.242 e. The number of amides is 1. The Morgan fingerprint density at radius 3 is 2.55 bits per heavy atom. The fourth-order valence-electron chi connectivity index (χ4n) is 1.51. The van der Waals surface area contributed by atoms with Crippen LogP contribution < -0.4 is 4.72 Å². The normalized spacial score (nSPS) is 12.6. The zero-order valence-electron chi connectivity index (χ0n) is 11.2. The van der Waals surface area contributed by atoms with Gasteiger partial charge in [0.2, 0.25) is 15.9 Å². The molecule has 0 aliphatic heterocycles. The summed E-state index contributed by atoms with van der Waals surface area (Å²) in [4.78, 5) is 12.7. The first-order chi connectivity index (χ1) is 9.19. The molecule has 1 atom stereocenters. The molecule has 0 heterocycles. The predicted octanol–water partition coefficient (Wildman–Crippen LogP) is 0.967. The summed E-state index contributed by atoms with van der Waals surface area (Å²) >= 11 is 5.84. The van der Waals surface area contributed by atoms with E-state index in [0.29, 0.717) is 0 Å². The van der Waals surface area contributed by atoms with Crippen LogP contribution in [0.25, 0.3) is 0 Å². The van der Waals surface area contributed by atoms with Crippen molar-refractivity contribution in [3.05, 3.63) is 28.8 Å². The molecule has 0 aliphatic carbocycles. The Morgan fingerprint density at radius 2 is 2.05 bits per heavy atom. The van der Waals surface area contributed by atoms with Crippen LogP contribution in [0.1, 0.15) is 12.5 Å². The smallest absolute Gasteiger partial charge is 0.242 e. The molecule has 1 N–H and O–H groups in total. The lowest BCUT2D eigenvalue weighted by molar-refractivity contribution is -0.130. The molecule has 0 bridgehead atoms. The summed E-state index contributed by atoms with van der Waals surface area (Å²) in [5.74, 6) is -0.388. The number of likely N-dealkylation sites (N-methyl/N-ethyl adjacent to an activating group) is 1. The molecular weight excluding hydrogens is 302 g/mol. The van der Waals surface area contributed by atoms with Gasteiger partial charge in [-0.2, -0.15) is 9.98 Å². The van der Waals surface area contributed by atoms with Gasteiger partial charge in [-0.15, -0.1) is 0 Å². The first kappa shape index (κ1) is 16.4. The van der Waals surface area contributed by atoms with Gasteiger partial charge in [0.15, 0.2) is 0 Å². The molecule has 0 fully saturated rings. The van der Waals surface area contributed by atoms with Gasteiger partial charge in [-0.3, -0.25) is 4.79 Å². The van der Waals surface area contributed by atoms with Crippen molar-refractivity contribution in [3.8, 4) is 6.07 Å². The monoisotopic (exact) mass is 315 g/mol. The first-order valence-electron chi connectivity index (χ1n) is 5.62. The second-order valence-corrected chi connectivity index (χ2v) is 6.42. The fraction of sp³-hybridized carbons (Fsp3) is 0.333. The highest BCUT2D eigenvalue weighted by Crippen LogP contribution is 2.22. The minimum absolute atomic E-state index is 0.0130. The van der Waals surface area contributed by atoms with Crippen molar-refractivity contribution in [2.45, 2.75) is 17.9 Å². The summed E-state index contributed by atoms with van der Waals surface area (Å²) in [6.45, 7) is 1.43. The predicted molar refractivity (Wildman–Crippen MR) is 74.6 cm³/mol. The molecule has 0 spiro atoms. The SMILES string of the molecule is CC(NS(=O)(=O)c1cc(C#N)ccc1Cl)C(=O)N(C)C. The third-order valence-electron chi connectivity index (χ3n) is 2.49. The molecule has 1 unspecified atom stereocenters. The Balaban J connectivity index is 3.12. The zero-order chi connectivity index (χ0) is 15.5. The van der Waals surface area contributed by atoms with Crippen LogP contribution in [0.3, 0.4) is 0 Å². The Bertz CT molecular complexity index is 665. The average Bonchev–Trinajstić information content (AvgIpc) is 2.37. The number of hydrogen-bond donors (Lipinski definition) is 1. The molecule has 0 saturated carbocycles. The summed E-state index contributed by atoms with van der Waals surface area (Å²) in [5.41, 5.74) is 0.168. The molecule has 6 nitrogen and oxygen atoms in total. The van der Waals surface area contributed by atoms with Gasteiger partial charge in [-0.05, 0) is 25.1 Å². The Kier molecular flexibility index (Phi) is 5.11. The lowest BCUT2D eigenvalue weighted by Gasteiger charge is -2.18. The highest BCUT2D eigenvalue weighted by atomic mass is 35.5. The maximum atomic E-state index is 12.2. The second kappa shape index (κ2) is 6.22. The molecule has 8 heteroatoms. The zero-order valence-corrected chi connectivity index (χ0v) is 12.8. The van der Waals surface area contributed by atoms with E-state index in [0.717, 1.165) is 6.07 Å². The molecule has 1 aromatic carbocycles. The van der Waals surface area contributed by atoms with Crippen molar-refractivity contribution >= 4 is 27.5 Å². The van der Waals surface area contributed by atoms with E-state index >= 15 is 0 Å². The summed E-state index contributed by atoms with van der Waals surface area (Å²) in [7, 11) is -0.933. The van der Waals surface area contributed by atoms with Gasteiger partial charge in [-0.25, -0.2) is 8.42 Å². The second-order valence-electron chi connectivity index (χ2n) is 4.33. The molecule has 1 amide bonds. The number of rotatable bonds is 4. The van der Waals surface area contributed by atoms with Gasteiger partial charge in [0.25, 0.3) is 0 Å². The van der Waals surface area contributed by atoms with Gasteiger partial charge >= 0.3 is 0 Å². The molecule has 108 valence electrons. The van der Waals surface area contributed by atoms with Gasteiger partial charge in [-0.1, -0.05) is 11.6 Å². The molecule has 1 aromatic rings. The molecule has 0 aliphatic rings. The van der Waals surface area contributed by atoms with E-state index in [-0.39, 0.29) is 21.4 Å². The van der Waals surface area contributed by atoms with Crippen molar-refractivity contribution < 1.29 is 13.2 Å². The average molecular weight is 316 g/mol. The number of halogens is 1. The lowest BCUT2D eigenvalue weighted by atomic mass is 10.2. The minimum Gasteiger partial charge on any atom is -0.347 e. The third-order valence-corrected chi connectivity index (χ3v) is 4.52. The van der Waals surface area contributed by atoms with Crippen LogP contribution in [0, 0.1) is 11.3 Å². The highest BCUT2D eigenvalue weighted by Gasteiger charge is 2.25. The van der Waals surface area contributed by atoms with Crippen molar-refractivity contribution in [3.63, 3.8) is 0 Å². The number of carbonyl (C=O) groups excluding carboxylic acids is 1. The van der Waals surface area contributed by atoms with Crippen molar-refractivity contribution in [2.75, 3.05) is 14.1 Å². The third kappa shape index (κ3) is 3.70. The highest BCUT2D eigenvalue weighted by molar-refractivity contribution is 7.89. The van der Waals surface area contributed by atoms with Gasteiger partial charge in [0.05, 0.1) is 22.7 Å². The first-order valence-corrected chi connectivity index (χ1v) is 7.48. The number of hydrogen-bond acceptors (Lipinski definition) is 4. The van der Waals surface area contributed by atoms with Crippen LogP contribution in [0.2, 0.25) is 5.02 Å². The number of sulfonamides is 1. The van der Waals surface area contributed by atoms with Gasteiger partial charge in [0, 0.05) is 14.1 Å². The quantitative estimate of drug-likeness (QED) is 0.896. The number of carbonyl (C=O) groups is 1. The topological polar surface area (TPSA) is 90.3 Å². The number of nitrogens with zero attached hydrogens (tertiary/aromatic N) is 2. The Hall–Kier alpha value is -1.62. The number of nitrogens with one attached hydrogen (secondary N) is 1. The van der Waals surface area contributed by atoms with E-state index in [1.165, 1.54) is 38.1 Å². The maximum absolute atomic E-state index is 12.2. The van der Waals surface area contributed by atoms with Crippen LogP contribution in [0.5, 0.6) is 0 Å². The van der Waals surface area contributed by atoms with Crippen molar-refractivity contribution in [1.82, 2.24) is 9.62 Å². The van der Waals surface area contributed by atoms with Gasteiger partial charge < -0.3 is 4.90 Å². The van der Waals surface area contributed by atoms with Crippen molar-refractivity contribution in [1.29, 1.82) is 5.26 Å². The van der Waals surface area contributed by atoms with Crippen LogP contribution >= 0.6 is 11.6 Å². The number of benzene rings is 1. The summed E-state index contributed by atoms with van der Waals surface area (Å²) in [6, 6.07) is 4.80. The van der Waals surface area contributed by atoms with Crippen LogP contribution in [-0.4, -0.2) is 39.4 Å². The van der Waals surface area contributed by atoms with Crippen LogP contribution in [0.15, 0.2) is 23.1 Å². The van der Waals surface area contributed by atoms with E-state index in [1.54, 1.807) is 0 Å². The van der Waals surface area contributed by atoms with E-state index in [4.69, 9.17) is 16.9 Å². The molecule has 0 saturated heterocycles. The van der Waals surface area contributed by atoms with E-state index in [9.17, 15) is 13.2 Å².